The standard InChI is InChI=1S/C15H19N5O.C9H13NO/c1-19(2)5-6-20-13(10-21)7-11-3-4-14(18-15(11)20)12(8-16)9-17;1-10-7-8-4-3-5-9(6-8)11-2/h3-4,7-10,16H,5-6,17H2,1-2H3;3-6,10H,7H2,1-2H3/b12-9+,16-8?;. The average molecular weight is 437 g/mol. The Kier molecular flexibility index (Phi) is 9.59. The number of nitrogens with zero attached hydrogens (tertiary/aromatic N) is 3. The van der Waals surface area contributed by atoms with E-state index in [1.54, 1.807) is 13.2 Å². The number of hydrogen-bond donors (Lipinski definition) is 3. The number of hydrogen-bond acceptors (Lipinski definition) is 7. The van der Waals surface area contributed by atoms with Gasteiger partial charge in [0.25, 0.3) is 0 Å². The van der Waals surface area contributed by atoms with Crippen molar-refractivity contribution in [3.05, 3.63) is 65.6 Å². The number of fused-ring (bicyclic) bond motifs is 1. The molecular formula is C24H32N6O2. The molecule has 0 spiro atoms. The second kappa shape index (κ2) is 12.4. The first-order valence-corrected chi connectivity index (χ1v) is 10.3. The van der Waals surface area contributed by atoms with Gasteiger partial charge in [0.05, 0.1) is 18.5 Å². The van der Waals surface area contributed by atoms with Crippen molar-refractivity contribution in [1.82, 2.24) is 19.8 Å². The second-order valence-corrected chi connectivity index (χ2v) is 7.40. The van der Waals surface area contributed by atoms with E-state index < -0.39 is 0 Å². The van der Waals surface area contributed by atoms with Crippen LogP contribution in [0.15, 0.2) is 48.7 Å². The summed E-state index contributed by atoms with van der Waals surface area (Å²) in [4.78, 5) is 17.8. The van der Waals surface area contributed by atoms with Crippen molar-refractivity contribution in [2.24, 2.45) is 5.73 Å². The van der Waals surface area contributed by atoms with E-state index in [-0.39, 0.29) is 0 Å². The number of pyridine rings is 1. The molecule has 0 amide bonds. The van der Waals surface area contributed by atoms with Crippen LogP contribution >= 0.6 is 0 Å². The summed E-state index contributed by atoms with van der Waals surface area (Å²) < 4.78 is 6.97. The van der Waals surface area contributed by atoms with Gasteiger partial charge in [-0.2, -0.15) is 0 Å². The van der Waals surface area contributed by atoms with Crippen molar-refractivity contribution in [1.29, 1.82) is 5.41 Å². The molecule has 4 N–H and O–H groups in total. The molecule has 0 radical (unpaired) electrons. The quantitative estimate of drug-likeness (QED) is 0.352. The third kappa shape index (κ3) is 6.50. The van der Waals surface area contributed by atoms with Crippen molar-refractivity contribution < 1.29 is 9.53 Å². The van der Waals surface area contributed by atoms with Crippen molar-refractivity contribution in [2.75, 3.05) is 34.8 Å². The van der Waals surface area contributed by atoms with Crippen molar-refractivity contribution in [2.45, 2.75) is 13.1 Å². The van der Waals surface area contributed by atoms with Gasteiger partial charge in [-0.25, -0.2) is 4.98 Å². The third-order valence-corrected chi connectivity index (χ3v) is 4.81. The van der Waals surface area contributed by atoms with Gasteiger partial charge in [0.15, 0.2) is 6.29 Å². The number of aromatic nitrogens is 2. The van der Waals surface area contributed by atoms with E-state index in [0.717, 1.165) is 36.2 Å². The number of methoxy groups -OCH3 is 1. The maximum atomic E-state index is 11.2. The van der Waals surface area contributed by atoms with Gasteiger partial charge in [-0.3, -0.25) is 4.79 Å². The Balaban J connectivity index is 0.000000278. The van der Waals surface area contributed by atoms with Crippen LogP contribution in [0.4, 0.5) is 0 Å². The van der Waals surface area contributed by atoms with Gasteiger partial charge >= 0.3 is 0 Å². The highest BCUT2D eigenvalue weighted by molar-refractivity contribution is 6.07. The van der Waals surface area contributed by atoms with E-state index >= 15 is 0 Å². The molecule has 0 fully saturated rings. The molecule has 0 unspecified atom stereocenters. The Bertz CT molecular complexity index is 1070. The number of aldehydes is 1. The summed E-state index contributed by atoms with van der Waals surface area (Å²) in [5.41, 5.74) is 9.25. The van der Waals surface area contributed by atoms with Crippen LogP contribution < -0.4 is 15.8 Å². The highest BCUT2D eigenvalue weighted by Gasteiger charge is 2.11. The van der Waals surface area contributed by atoms with E-state index in [0.29, 0.717) is 23.5 Å². The smallest absolute Gasteiger partial charge is 0.166 e. The minimum absolute atomic E-state index is 0.546. The van der Waals surface area contributed by atoms with Crippen LogP contribution in [0.2, 0.25) is 0 Å². The van der Waals surface area contributed by atoms with Gasteiger partial charge in [-0.05, 0) is 57.0 Å². The van der Waals surface area contributed by atoms with Crippen LogP contribution in [0.5, 0.6) is 5.75 Å². The molecule has 1 aromatic carbocycles. The minimum atomic E-state index is 0.546. The fraction of sp³-hybridized carbons (Fsp3) is 0.292. The summed E-state index contributed by atoms with van der Waals surface area (Å²) in [6.45, 7) is 2.37. The molecule has 2 aromatic heterocycles. The molecule has 0 atom stereocenters. The molecular weight excluding hydrogens is 404 g/mol. The van der Waals surface area contributed by atoms with Crippen LogP contribution in [0.1, 0.15) is 21.7 Å². The number of nitrogens with one attached hydrogen (secondary N) is 2. The zero-order chi connectivity index (χ0) is 23.5. The highest BCUT2D eigenvalue weighted by atomic mass is 16.5. The van der Waals surface area contributed by atoms with Crippen molar-refractivity contribution in [3.63, 3.8) is 0 Å². The Morgan fingerprint density at radius 2 is 2.06 bits per heavy atom. The number of nitrogens with two attached hydrogens (primary N) is 1. The van der Waals surface area contributed by atoms with E-state index in [1.807, 2.05) is 60.9 Å². The van der Waals surface area contributed by atoms with Gasteiger partial charge in [0, 0.05) is 43.0 Å². The maximum absolute atomic E-state index is 11.2. The molecule has 8 heteroatoms. The molecule has 0 aliphatic heterocycles. The topological polar surface area (TPSA) is 109 Å². The number of benzene rings is 1. The first kappa shape index (κ1) is 24.8. The molecule has 32 heavy (non-hydrogen) atoms. The summed E-state index contributed by atoms with van der Waals surface area (Å²) in [6.07, 6.45) is 3.37. The fourth-order valence-corrected chi connectivity index (χ4v) is 3.13. The van der Waals surface area contributed by atoms with Gasteiger partial charge < -0.3 is 30.7 Å². The summed E-state index contributed by atoms with van der Waals surface area (Å²) in [7, 11) is 7.57. The Morgan fingerprint density at radius 3 is 2.66 bits per heavy atom. The Hall–Kier alpha value is -3.49. The number of likely N-dealkylation sites (N-methyl/N-ethyl adjacent to an activating group) is 1. The molecule has 0 saturated carbocycles. The van der Waals surface area contributed by atoms with E-state index in [1.165, 1.54) is 18.0 Å². The number of carbonyl (C=O) groups excluding carboxylic acids is 1. The number of allylic oxidation sites excluding steroid dienone is 1. The van der Waals surface area contributed by atoms with Crippen LogP contribution in [0, 0.1) is 5.41 Å². The second-order valence-electron chi connectivity index (χ2n) is 7.40. The average Bonchev–Trinajstić information content (AvgIpc) is 3.16. The fourth-order valence-electron chi connectivity index (χ4n) is 3.13. The van der Waals surface area contributed by atoms with Gasteiger partial charge in [-0.1, -0.05) is 12.1 Å². The summed E-state index contributed by atoms with van der Waals surface area (Å²) in [5.74, 6) is 0.915. The summed E-state index contributed by atoms with van der Waals surface area (Å²) in [5, 5.41) is 11.3. The predicted octanol–water partition coefficient (Wildman–Crippen LogP) is 2.77. The normalized spacial score (nSPS) is 11.2. The van der Waals surface area contributed by atoms with E-state index in [2.05, 4.69) is 16.4 Å². The molecule has 0 saturated heterocycles. The summed E-state index contributed by atoms with van der Waals surface area (Å²) >= 11 is 0. The number of carbonyl (C=O) groups is 1. The van der Waals surface area contributed by atoms with Gasteiger partial charge in [0.2, 0.25) is 0 Å². The minimum Gasteiger partial charge on any atom is -0.497 e. The maximum Gasteiger partial charge on any atom is 0.166 e. The lowest BCUT2D eigenvalue weighted by molar-refractivity contribution is 0.111. The van der Waals surface area contributed by atoms with Crippen LogP contribution in [0.25, 0.3) is 16.6 Å². The van der Waals surface area contributed by atoms with Crippen molar-refractivity contribution >= 4 is 29.1 Å². The van der Waals surface area contributed by atoms with Crippen LogP contribution in [-0.2, 0) is 13.1 Å². The van der Waals surface area contributed by atoms with Gasteiger partial charge in [-0.15, -0.1) is 0 Å². The zero-order valence-corrected chi connectivity index (χ0v) is 19.1. The molecule has 0 aliphatic rings. The van der Waals surface area contributed by atoms with Gasteiger partial charge in [0.1, 0.15) is 11.4 Å². The molecule has 0 bridgehead atoms. The van der Waals surface area contributed by atoms with Crippen molar-refractivity contribution in [3.8, 4) is 5.75 Å². The Labute approximate surface area is 189 Å². The first-order chi connectivity index (χ1) is 15.5. The molecule has 170 valence electrons. The molecule has 8 nitrogen and oxygen atoms in total. The zero-order valence-electron chi connectivity index (χ0n) is 19.1. The van der Waals surface area contributed by atoms with Crippen LogP contribution in [-0.4, -0.2) is 61.7 Å². The largest absolute Gasteiger partial charge is 0.497 e. The number of rotatable bonds is 9. The van der Waals surface area contributed by atoms with E-state index in [9.17, 15) is 4.79 Å². The first-order valence-electron chi connectivity index (χ1n) is 10.3. The molecule has 2 heterocycles. The third-order valence-electron chi connectivity index (χ3n) is 4.81. The molecule has 0 aliphatic carbocycles. The van der Waals surface area contributed by atoms with E-state index in [4.69, 9.17) is 15.9 Å². The monoisotopic (exact) mass is 436 g/mol. The predicted molar refractivity (Wildman–Crippen MR) is 130 cm³/mol. The van der Waals surface area contributed by atoms with Crippen LogP contribution in [0.3, 0.4) is 0 Å². The lowest BCUT2D eigenvalue weighted by atomic mass is 10.2. The lowest BCUT2D eigenvalue weighted by Crippen LogP contribution is -2.19. The molecule has 3 aromatic rings. The summed E-state index contributed by atoms with van der Waals surface area (Å²) in [6, 6.07) is 13.5. The number of ether oxygens (including phenoxy) is 1. The molecule has 3 rings (SSSR count). The highest BCUT2D eigenvalue weighted by Crippen LogP contribution is 2.20. The lowest BCUT2D eigenvalue weighted by Gasteiger charge is -2.12. The SMILES string of the molecule is CN(C)CCn1c(C=O)cc2ccc(/C(C=N)=C/N)nc21.CNCc1cccc(OC)c1. The Morgan fingerprint density at radius 1 is 1.28 bits per heavy atom.